The molecule has 0 radical (unpaired) electrons. The molecule has 16 nitrogen and oxygen atoms in total. The Morgan fingerprint density at radius 2 is 1.86 bits per heavy atom. The third-order valence-electron chi connectivity index (χ3n) is 7.89. The Morgan fingerprint density at radius 1 is 1.16 bits per heavy atom. The molecular formula is C20H28N5O11P. The van der Waals surface area contributed by atoms with E-state index in [1.165, 1.54) is 21.6 Å². The maximum atomic E-state index is 13.3. The number of hydrogen-bond acceptors (Lipinski definition) is 11. The molecule has 37 heavy (non-hydrogen) atoms. The van der Waals surface area contributed by atoms with Crippen molar-refractivity contribution in [3.63, 3.8) is 0 Å². The van der Waals surface area contributed by atoms with Crippen molar-refractivity contribution in [2.75, 3.05) is 13.2 Å². The number of fused-ring (bicyclic) bond motifs is 3. The lowest BCUT2D eigenvalue weighted by Gasteiger charge is -2.63. The van der Waals surface area contributed by atoms with Crippen LogP contribution in [0.5, 0.6) is 0 Å². The molecule has 5 fully saturated rings. The normalized spacial score (nSPS) is 47.5. The number of phosphoric ester groups is 1. The SMILES string of the molecule is CC1=C2[C@H]3N(C(=O)NC(=O)[C@]3(C)N)[C@H]3C[C@H](OP(=O)(O)OC[C@H]4O[C@H](C[C@@H]4O)N4C(=O)N2C14)[C@@H](CO)O3. The van der Waals surface area contributed by atoms with E-state index >= 15 is 0 Å². The molecule has 8 bridgehead atoms. The minimum atomic E-state index is -4.73. The first-order chi connectivity index (χ1) is 17.4. The van der Waals surface area contributed by atoms with Crippen LogP contribution in [0.25, 0.3) is 0 Å². The monoisotopic (exact) mass is 545 g/mol. The van der Waals surface area contributed by atoms with Gasteiger partial charge in [-0.1, -0.05) is 0 Å². The van der Waals surface area contributed by atoms with Crippen LogP contribution in [0.3, 0.4) is 0 Å². The van der Waals surface area contributed by atoms with Crippen LogP contribution in [0.1, 0.15) is 26.7 Å². The summed E-state index contributed by atoms with van der Waals surface area (Å²) in [6, 6.07) is -2.46. The number of hydrogen-bond donors (Lipinski definition) is 5. The fourth-order valence-corrected chi connectivity index (χ4v) is 6.97. The molecule has 0 saturated carbocycles. The second kappa shape index (κ2) is 8.18. The summed E-state index contributed by atoms with van der Waals surface area (Å²) in [5, 5.41) is 22.5. The Hall–Kier alpha value is -2.14. The van der Waals surface area contributed by atoms with Gasteiger partial charge in [0, 0.05) is 12.8 Å². The Kier molecular flexibility index (Phi) is 5.56. The molecule has 2 unspecified atom stereocenters. The highest BCUT2D eigenvalue weighted by Crippen LogP contribution is 2.52. The van der Waals surface area contributed by atoms with Gasteiger partial charge in [0.2, 0.25) is 5.91 Å². The lowest BCUT2D eigenvalue weighted by Crippen LogP contribution is -2.82. The third-order valence-corrected chi connectivity index (χ3v) is 8.90. The number of aliphatic hydroxyl groups excluding tert-OH is 2. The predicted octanol–water partition coefficient (Wildman–Crippen LogP) is -1.93. The highest BCUT2D eigenvalue weighted by atomic mass is 31.2. The largest absolute Gasteiger partial charge is 0.472 e. The first kappa shape index (κ1) is 25.2. The van der Waals surface area contributed by atoms with Crippen molar-refractivity contribution in [1.29, 1.82) is 0 Å². The molecular weight excluding hydrogens is 517 g/mol. The van der Waals surface area contributed by atoms with Crippen LogP contribution < -0.4 is 11.1 Å². The van der Waals surface area contributed by atoms with Gasteiger partial charge in [0.1, 0.15) is 48.5 Å². The minimum absolute atomic E-state index is 0.0412. The highest BCUT2D eigenvalue weighted by molar-refractivity contribution is 7.47. The Morgan fingerprint density at radius 3 is 2.57 bits per heavy atom. The number of rotatable bonds is 1. The number of nitrogens with zero attached hydrogens (tertiary/aromatic N) is 3. The van der Waals surface area contributed by atoms with E-state index in [1.807, 2.05) is 0 Å². The minimum Gasteiger partial charge on any atom is -0.394 e. The number of aliphatic hydroxyl groups is 2. The standard InChI is InChI=1S/C20H28N5O11P/c1-7-14-15-20(2,21)17(28)22-18(29)23(15)13-4-9(10(5-26)34-13)36-37(31,32)33-6-11-8(27)3-12(35-11)24-16(7)25(14)19(24)30/h8-13,15-16,26-27H,3-6,21H2,1-2H3,(H,31,32)(H,22,28,29)/t8-,9-,10+,11+,12+,13+,15+,16?,20+/m0/s1. The molecule has 0 aromatic heterocycles. The van der Waals surface area contributed by atoms with Gasteiger partial charge in [-0.05, 0) is 19.4 Å². The molecule has 5 amide bonds. The molecule has 7 heterocycles. The van der Waals surface area contributed by atoms with Crippen molar-refractivity contribution < 1.29 is 52.6 Å². The predicted molar refractivity (Wildman–Crippen MR) is 118 cm³/mol. The van der Waals surface area contributed by atoms with Gasteiger partial charge < -0.3 is 30.3 Å². The average Bonchev–Trinajstić information content (AvgIpc) is 3.37. The summed E-state index contributed by atoms with van der Waals surface area (Å²) in [4.78, 5) is 53.5. The van der Waals surface area contributed by atoms with Crippen LogP contribution in [0.2, 0.25) is 0 Å². The fraction of sp³-hybridized carbons (Fsp3) is 0.750. The summed E-state index contributed by atoms with van der Waals surface area (Å²) >= 11 is 0. The van der Waals surface area contributed by atoms with Crippen LogP contribution in [0.15, 0.2) is 11.3 Å². The Balaban J connectivity index is 1.44. The van der Waals surface area contributed by atoms with Gasteiger partial charge in [-0.15, -0.1) is 0 Å². The lowest BCUT2D eigenvalue weighted by atomic mass is 9.79. The molecule has 6 N–H and O–H groups in total. The van der Waals surface area contributed by atoms with Gasteiger partial charge in [-0.2, -0.15) is 0 Å². The van der Waals surface area contributed by atoms with Crippen LogP contribution in [-0.2, 0) is 27.9 Å². The van der Waals surface area contributed by atoms with Crippen molar-refractivity contribution in [1.82, 2.24) is 20.0 Å². The number of ether oxygens (including phenoxy) is 2. The van der Waals surface area contributed by atoms with Crippen LogP contribution in [-0.4, -0.2) is 116 Å². The number of carbonyl (C=O) groups is 3. The molecule has 5 saturated heterocycles. The molecule has 17 heteroatoms. The van der Waals surface area contributed by atoms with E-state index in [1.54, 1.807) is 6.92 Å². The van der Waals surface area contributed by atoms with Crippen LogP contribution >= 0.6 is 7.82 Å². The number of urea groups is 2. The molecule has 7 rings (SSSR count). The van der Waals surface area contributed by atoms with E-state index in [-0.39, 0.29) is 12.8 Å². The first-order valence-electron chi connectivity index (χ1n) is 11.9. The molecule has 0 aromatic carbocycles. The van der Waals surface area contributed by atoms with Crippen molar-refractivity contribution in [2.45, 2.75) is 81.3 Å². The number of carbonyl (C=O) groups excluding carboxylic acids is 3. The second-order valence-corrected chi connectivity index (χ2v) is 11.6. The van der Waals surface area contributed by atoms with Crippen molar-refractivity contribution >= 4 is 25.8 Å². The number of phosphoric acid groups is 1. The maximum absolute atomic E-state index is 13.3. The van der Waals surface area contributed by atoms with Crippen molar-refractivity contribution in [2.24, 2.45) is 5.73 Å². The molecule has 10 atom stereocenters. The zero-order chi connectivity index (χ0) is 26.6. The van der Waals surface area contributed by atoms with Gasteiger partial charge in [-0.3, -0.25) is 33.9 Å². The van der Waals surface area contributed by atoms with E-state index in [4.69, 9.17) is 24.3 Å². The number of imide groups is 1. The first-order valence-corrected chi connectivity index (χ1v) is 13.4. The average molecular weight is 545 g/mol. The topological polar surface area (TPSA) is 214 Å². The summed E-state index contributed by atoms with van der Waals surface area (Å²) in [7, 11) is -4.73. The van der Waals surface area contributed by atoms with Crippen molar-refractivity contribution in [3.05, 3.63) is 11.3 Å². The van der Waals surface area contributed by atoms with E-state index in [2.05, 4.69) is 5.32 Å². The molecule has 7 aliphatic rings. The molecule has 204 valence electrons. The highest BCUT2D eigenvalue weighted by Gasteiger charge is 2.66. The molecule has 0 aromatic rings. The summed E-state index contributed by atoms with van der Waals surface area (Å²) < 4.78 is 34.7. The van der Waals surface area contributed by atoms with E-state index in [0.29, 0.717) is 11.3 Å². The van der Waals surface area contributed by atoms with Gasteiger partial charge in [-0.25, -0.2) is 14.2 Å². The van der Waals surface area contributed by atoms with Gasteiger partial charge in [0.05, 0.1) is 25.0 Å². The Labute approximate surface area is 210 Å². The maximum Gasteiger partial charge on any atom is 0.472 e. The number of nitrogens with one attached hydrogen (secondary N) is 1. The number of amides is 5. The Bertz CT molecular complexity index is 1150. The summed E-state index contributed by atoms with van der Waals surface area (Å²) in [6.45, 7) is 2.06. The molecule has 0 aliphatic carbocycles. The zero-order valence-corrected chi connectivity index (χ0v) is 20.8. The second-order valence-electron chi connectivity index (χ2n) is 10.2. The summed E-state index contributed by atoms with van der Waals surface area (Å²) in [5.74, 6) is -0.760. The molecule has 7 aliphatic heterocycles. The quantitative estimate of drug-likeness (QED) is 0.228. The fourth-order valence-electron chi connectivity index (χ4n) is 6.01. The van der Waals surface area contributed by atoms with Gasteiger partial charge in [0.15, 0.2) is 0 Å². The van der Waals surface area contributed by atoms with Gasteiger partial charge >= 0.3 is 19.9 Å². The van der Waals surface area contributed by atoms with Gasteiger partial charge in [0.25, 0.3) is 0 Å². The zero-order valence-electron chi connectivity index (χ0n) is 19.9. The molecule has 0 spiro atoms. The lowest BCUT2D eigenvalue weighted by molar-refractivity contribution is -0.144. The summed E-state index contributed by atoms with van der Waals surface area (Å²) in [6.07, 6.45) is -7.04. The number of nitrogens with two attached hydrogens (primary N) is 1. The van der Waals surface area contributed by atoms with E-state index in [0.717, 1.165) is 0 Å². The van der Waals surface area contributed by atoms with Crippen LogP contribution in [0.4, 0.5) is 9.59 Å². The third kappa shape index (κ3) is 3.52. The summed E-state index contributed by atoms with van der Waals surface area (Å²) in [5.41, 5.74) is 5.78. The van der Waals surface area contributed by atoms with Crippen molar-refractivity contribution in [3.8, 4) is 0 Å². The van der Waals surface area contributed by atoms with E-state index < -0.39 is 93.6 Å². The smallest absolute Gasteiger partial charge is 0.394 e. The van der Waals surface area contributed by atoms with Crippen LogP contribution in [0, 0.1) is 0 Å². The van der Waals surface area contributed by atoms with E-state index in [9.17, 15) is 34.1 Å².